The van der Waals surface area contributed by atoms with Crippen LogP contribution in [0.2, 0.25) is 0 Å². The largest absolute Gasteiger partial charge is 0.460 e. The molecule has 1 aliphatic carbocycles. The van der Waals surface area contributed by atoms with Crippen LogP contribution < -0.4 is 4.74 Å². The van der Waals surface area contributed by atoms with E-state index in [2.05, 4.69) is 14.9 Å². The fourth-order valence-corrected chi connectivity index (χ4v) is 4.64. The van der Waals surface area contributed by atoms with Crippen LogP contribution in [-0.4, -0.2) is 59.1 Å². The summed E-state index contributed by atoms with van der Waals surface area (Å²) >= 11 is 0. The van der Waals surface area contributed by atoms with Gasteiger partial charge in [0.2, 0.25) is 0 Å². The Balaban J connectivity index is 1.37. The monoisotopic (exact) mass is 453 g/mol. The van der Waals surface area contributed by atoms with Crippen LogP contribution >= 0.6 is 0 Å². The van der Waals surface area contributed by atoms with E-state index in [0.717, 1.165) is 56.6 Å². The fraction of sp³-hybridized carbons (Fsp3) is 0.792. The first-order valence-electron chi connectivity index (χ1n) is 11.9. The third kappa shape index (κ3) is 8.26. The number of carbonyl (C=O) groups is 1. The molecule has 1 saturated carbocycles. The second kappa shape index (κ2) is 11.3. The van der Waals surface area contributed by atoms with E-state index >= 15 is 0 Å². The summed E-state index contributed by atoms with van der Waals surface area (Å²) < 4.78 is 35.1. The zero-order valence-electron chi connectivity index (χ0n) is 19.6. The molecule has 0 aromatic carbocycles. The van der Waals surface area contributed by atoms with E-state index in [1.165, 1.54) is 19.3 Å². The molecule has 3 rings (SSSR count). The minimum atomic E-state index is -2.53. The lowest BCUT2D eigenvalue weighted by Crippen LogP contribution is -2.30. The van der Waals surface area contributed by atoms with Gasteiger partial charge in [0, 0.05) is 32.1 Å². The third-order valence-corrected chi connectivity index (χ3v) is 6.33. The smallest absolute Gasteiger partial charge is 0.316 e. The lowest BCUT2D eigenvalue weighted by Gasteiger charge is -2.30. The van der Waals surface area contributed by atoms with E-state index < -0.39 is 18.6 Å². The standard InChI is InChI=1S/C24H37F2N3O3/c1-24(2,3)32-22(30)14-18-6-4-17(5-7-18)8-11-29-12-9-19-15-27-23(31-16-21(25)26)28-20(19)10-13-29/h15,17-18,21H,4-14,16H2,1-3H3. The number of alkyl halides is 2. The highest BCUT2D eigenvalue weighted by molar-refractivity contribution is 5.70. The Kier molecular flexibility index (Phi) is 8.79. The summed E-state index contributed by atoms with van der Waals surface area (Å²) in [4.78, 5) is 23.0. The van der Waals surface area contributed by atoms with Gasteiger partial charge in [0.25, 0.3) is 6.43 Å². The van der Waals surface area contributed by atoms with Crippen LogP contribution in [0.5, 0.6) is 6.01 Å². The Hall–Kier alpha value is -1.83. The van der Waals surface area contributed by atoms with Crippen molar-refractivity contribution in [1.29, 1.82) is 0 Å². The van der Waals surface area contributed by atoms with E-state index in [1.807, 2.05) is 20.8 Å². The summed E-state index contributed by atoms with van der Waals surface area (Å²) in [6.45, 7) is 7.98. The second-order valence-electron chi connectivity index (χ2n) is 10.1. The average Bonchev–Trinajstić information content (AvgIpc) is 2.92. The molecule has 6 nitrogen and oxygen atoms in total. The number of hydrogen-bond acceptors (Lipinski definition) is 6. The van der Waals surface area contributed by atoms with Gasteiger partial charge in [0.1, 0.15) is 5.60 Å². The lowest BCUT2D eigenvalue weighted by atomic mass is 9.79. The topological polar surface area (TPSA) is 64.5 Å². The first-order valence-corrected chi connectivity index (χ1v) is 11.9. The maximum Gasteiger partial charge on any atom is 0.316 e. The summed E-state index contributed by atoms with van der Waals surface area (Å²) in [5.41, 5.74) is 1.58. The summed E-state index contributed by atoms with van der Waals surface area (Å²) in [5, 5.41) is 0. The van der Waals surface area contributed by atoms with Crippen LogP contribution in [0.3, 0.4) is 0 Å². The molecule has 2 heterocycles. The number of halogens is 2. The number of aromatic nitrogens is 2. The summed E-state index contributed by atoms with van der Waals surface area (Å²) in [6.07, 6.45) is 7.12. The number of rotatable bonds is 8. The molecule has 0 unspecified atom stereocenters. The Morgan fingerprint density at radius 2 is 1.84 bits per heavy atom. The Bertz CT molecular complexity index is 746. The highest BCUT2D eigenvalue weighted by Crippen LogP contribution is 2.33. The van der Waals surface area contributed by atoms with Crippen molar-refractivity contribution in [3.8, 4) is 6.01 Å². The van der Waals surface area contributed by atoms with Crippen molar-refractivity contribution in [2.75, 3.05) is 26.2 Å². The van der Waals surface area contributed by atoms with Gasteiger partial charge < -0.3 is 14.4 Å². The van der Waals surface area contributed by atoms with E-state index in [4.69, 9.17) is 9.47 Å². The molecule has 1 aromatic heterocycles. The quantitative estimate of drug-likeness (QED) is 0.542. The predicted molar refractivity (Wildman–Crippen MR) is 118 cm³/mol. The van der Waals surface area contributed by atoms with Gasteiger partial charge in [-0.2, -0.15) is 4.98 Å². The molecule has 180 valence electrons. The number of fused-ring (bicyclic) bond motifs is 1. The Morgan fingerprint density at radius 3 is 2.53 bits per heavy atom. The fourth-order valence-electron chi connectivity index (χ4n) is 4.64. The van der Waals surface area contributed by atoms with Crippen LogP contribution in [0.1, 0.15) is 70.6 Å². The molecular formula is C24H37F2N3O3. The maximum atomic E-state index is 12.3. The van der Waals surface area contributed by atoms with Gasteiger partial charge in [-0.25, -0.2) is 13.8 Å². The summed E-state index contributed by atoms with van der Waals surface area (Å²) in [7, 11) is 0. The van der Waals surface area contributed by atoms with Gasteiger partial charge in [-0.15, -0.1) is 0 Å². The summed E-state index contributed by atoms with van der Waals surface area (Å²) in [5.74, 6) is 1.09. The molecule has 0 saturated heterocycles. The molecule has 1 aromatic rings. The van der Waals surface area contributed by atoms with Crippen LogP contribution in [0, 0.1) is 11.8 Å². The van der Waals surface area contributed by atoms with Gasteiger partial charge in [-0.3, -0.25) is 4.79 Å². The zero-order chi connectivity index (χ0) is 23.1. The van der Waals surface area contributed by atoms with Crippen molar-refractivity contribution in [1.82, 2.24) is 14.9 Å². The van der Waals surface area contributed by atoms with Crippen LogP contribution in [0.4, 0.5) is 8.78 Å². The minimum Gasteiger partial charge on any atom is -0.460 e. The summed E-state index contributed by atoms with van der Waals surface area (Å²) in [6, 6.07) is 0.0423. The number of carbonyl (C=O) groups excluding carboxylic acids is 1. The number of nitrogens with zero attached hydrogens (tertiary/aromatic N) is 3. The first-order chi connectivity index (χ1) is 15.2. The highest BCUT2D eigenvalue weighted by Gasteiger charge is 2.26. The molecule has 2 aliphatic rings. The van der Waals surface area contributed by atoms with Gasteiger partial charge in [0.05, 0.1) is 5.69 Å². The van der Waals surface area contributed by atoms with Crippen molar-refractivity contribution < 1.29 is 23.0 Å². The molecule has 1 aliphatic heterocycles. The van der Waals surface area contributed by atoms with Gasteiger partial charge in [0.15, 0.2) is 6.61 Å². The van der Waals surface area contributed by atoms with E-state index in [-0.39, 0.29) is 12.0 Å². The Labute approximate surface area is 190 Å². The molecule has 0 amide bonds. The molecular weight excluding hydrogens is 416 g/mol. The SMILES string of the molecule is CC(C)(C)OC(=O)CC1CCC(CCN2CCc3cnc(OCC(F)F)nc3CC2)CC1. The predicted octanol–water partition coefficient (Wildman–Crippen LogP) is 4.45. The van der Waals surface area contributed by atoms with Crippen molar-refractivity contribution in [3.63, 3.8) is 0 Å². The zero-order valence-corrected chi connectivity index (χ0v) is 19.6. The number of esters is 1. The van der Waals surface area contributed by atoms with E-state index in [0.29, 0.717) is 18.3 Å². The molecule has 0 radical (unpaired) electrons. The lowest BCUT2D eigenvalue weighted by molar-refractivity contribution is -0.156. The van der Waals surface area contributed by atoms with Crippen molar-refractivity contribution in [2.24, 2.45) is 11.8 Å². The molecule has 32 heavy (non-hydrogen) atoms. The van der Waals surface area contributed by atoms with Crippen molar-refractivity contribution in [3.05, 3.63) is 17.5 Å². The molecule has 0 N–H and O–H groups in total. The minimum absolute atomic E-state index is 0.0423. The van der Waals surface area contributed by atoms with Crippen LogP contribution in [-0.2, 0) is 22.4 Å². The van der Waals surface area contributed by atoms with Gasteiger partial charge in [-0.05, 0) is 70.4 Å². The third-order valence-electron chi connectivity index (χ3n) is 6.33. The van der Waals surface area contributed by atoms with Crippen molar-refractivity contribution >= 4 is 5.97 Å². The van der Waals surface area contributed by atoms with Crippen LogP contribution in [0.15, 0.2) is 6.20 Å². The maximum absolute atomic E-state index is 12.3. The van der Waals surface area contributed by atoms with Gasteiger partial charge in [-0.1, -0.05) is 12.8 Å². The van der Waals surface area contributed by atoms with E-state index in [1.54, 1.807) is 6.20 Å². The Morgan fingerprint density at radius 1 is 1.16 bits per heavy atom. The number of ether oxygens (including phenoxy) is 2. The van der Waals surface area contributed by atoms with Gasteiger partial charge >= 0.3 is 12.0 Å². The molecule has 8 heteroatoms. The molecule has 0 atom stereocenters. The highest BCUT2D eigenvalue weighted by atomic mass is 19.3. The van der Waals surface area contributed by atoms with E-state index in [9.17, 15) is 13.6 Å². The molecule has 1 fully saturated rings. The van der Waals surface area contributed by atoms with Crippen molar-refractivity contribution in [2.45, 2.75) is 84.2 Å². The normalized spacial score (nSPS) is 22.3. The average molecular weight is 454 g/mol. The number of hydrogen-bond donors (Lipinski definition) is 0. The van der Waals surface area contributed by atoms with Crippen LogP contribution in [0.25, 0.3) is 0 Å². The first kappa shape index (κ1) is 24.8. The molecule has 0 bridgehead atoms. The second-order valence-corrected chi connectivity index (χ2v) is 10.1. The molecule has 0 spiro atoms.